The van der Waals surface area contributed by atoms with Gasteiger partial charge in [0, 0.05) is 6.54 Å². The molecule has 0 aromatic carbocycles. The molecule has 1 rings (SSSR count). The van der Waals surface area contributed by atoms with E-state index in [9.17, 15) is 10.1 Å². The quantitative estimate of drug-likeness (QED) is 0.461. The van der Waals surface area contributed by atoms with Crippen LogP contribution in [0.1, 0.15) is 13.8 Å². The van der Waals surface area contributed by atoms with Gasteiger partial charge in [0.1, 0.15) is 12.9 Å². The Kier molecular flexibility index (Phi) is 4.86. The van der Waals surface area contributed by atoms with Gasteiger partial charge < -0.3 is 10.1 Å². The molecular weight excluding hydrogens is 224 g/mol. The summed E-state index contributed by atoms with van der Waals surface area (Å²) in [6.07, 6.45) is 4.76. The Bertz CT molecular complexity index is 420. The van der Waals surface area contributed by atoms with E-state index in [4.69, 9.17) is 4.74 Å². The van der Waals surface area contributed by atoms with Crippen molar-refractivity contribution in [1.29, 1.82) is 0 Å². The normalized spacial score (nSPS) is 10.5. The van der Waals surface area contributed by atoms with Gasteiger partial charge >= 0.3 is 5.69 Å². The minimum Gasteiger partial charge on any atom is -0.468 e. The predicted octanol–water partition coefficient (Wildman–Crippen LogP) is 1.77. The summed E-state index contributed by atoms with van der Waals surface area (Å²) in [6, 6.07) is 0. The summed E-state index contributed by atoms with van der Waals surface area (Å²) >= 11 is 0. The zero-order valence-corrected chi connectivity index (χ0v) is 9.71. The Hall–Kier alpha value is -2.18. The van der Waals surface area contributed by atoms with Crippen molar-refractivity contribution in [3.8, 4) is 5.88 Å². The summed E-state index contributed by atoms with van der Waals surface area (Å²) in [6.45, 7) is 4.43. The van der Waals surface area contributed by atoms with Crippen LogP contribution in [0.5, 0.6) is 5.88 Å². The zero-order valence-electron chi connectivity index (χ0n) is 9.71. The topological polar surface area (TPSA) is 90.2 Å². The van der Waals surface area contributed by atoms with Gasteiger partial charge in [-0.15, -0.1) is 0 Å². The highest BCUT2D eigenvalue weighted by Crippen LogP contribution is 2.30. The van der Waals surface area contributed by atoms with Gasteiger partial charge in [-0.05, 0) is 13.8 Å². The Balaban J connectivity index is 3.02. The van der Waals surface area contributed by atoms with Crippen LogP contribution < -0.4 is 10.1 Å². The fraction of sp³-hybridized carbons (Fsp3) is 0.400. The van der Waals surface area contributed by atoms with Crippen LogP contribution in [0.4, 0.5) is 11.5 Å². The third kappa shape index (κ3) is 3.40. The van der Waals surface area contributed by atoms with E-state index in [1.165, 1.54) is 6.33 Å². The molecule has 0 amide bonds. The van der Waals surface area contributed by atoms with Gasteiger partial charge in [-0.25, -0.2) is 4.98 Å². The molecule has 0 unspecified atom stereocenters. The first-order chi connectivity index (χ1) is 8.20. The van der Waals surface area contributed by atoms with Gasteiger partial charge in [0.2, 0.25) is 5.82 Å². The van der Waals surface area contributed by atoms with Gasteiger partial charge in [0.05, 0.1) is 4.92 Å². The van der Waals surface area contributed by atoms with E-state index in [0.29, 0.717) is 6.54 Å². The molecule has 0 bridgehead atoms. The average molecular weight is 238 g/mol. The molecule has 1 aromatic rings. The molecular formula is C10H14N4O3. The Morgan fingerprint density at radius 3 is 2.94 bits per heavy atom. The number of hydrogen-bond acceptors (Lipinski definition) is 6. The molecule has 0 aliphatic carbocycles. The molecule has 0 spiro atoms. The lowest BCUT2D eigenvalue weighted by Crippen LogP contribution is -2.07. The molecule has 0 saturated carbocycles. The first-order valence-electron chi connectivity index (χ1n) is 5.17. The molecule has 0 atom stereocenters. The standard InChI is InChI=1S/C10H14N4O3/c1-3-5-6-17-10-8(14(15)16)9(11-4-2)12-7-13-10/h3,5,7H,4,6H2,1-2H3,(H,11,12,13)/b5-3+. The van der Waals surface area contributed by atoms with Crippen LogP contribution >= 0.6 is 0 Å². The fourth-order valence-electron chi connectivity index (χ4n) is 1.15. The summed E-state index contributed by atoms with van der Waals surface area (Å²) in [7, 11) is 0. The molecule has 7 nitrogen and oxygen atoms in total. The molecule has 17 heavy (non-hydrogen) atoms. The maximum atomic E-state index is 10.9. The van der Waals surface area contributed by atoms with Crippen molar-refractivity contribution in [2.45, 2.75) is 13.8 Å². The highest BCUT2D eigenvalue weighted by molar-refractivity contribution is 5.60. The molecule has 0 fully saturated rings. The summed E-state index contributed by atoms with van der Waals surface area (Å²) in [5, 5.41) is 13.7. The Labute approximate surface area is 98.7 Å². The SMILES string of the molecule is C/C=C/COc1ncnc(NCC)c1[N+](=O)[O-]. The van der Waals surface area contributed by atoms with E-state index >= 15 is 0 Å². The highest BCUT2D eigenvalue weighted by Gasteiger charge is 2.23. The van der Waals surface area contributed by atoms with Crippen molar-refractivity contribution in [2.75, 3.05) is 18.5 Å². The van der Waals surface area contributed by atoms with Crippen molar-refractivity contribution < 1.29 is 9.66 Å². The largest absolute Gasteiger partial charge is 0.468 e. The van der Waals surface area contributed by atoms with Crippen LogP contribution in [0.25, 0.3) is 0 Å². The summed E-state index contributed by atoms with van der Waals surface area (Å²) in [5.74, 6) is 0.141. The molecule has 1 heterocycles. The van der Waals surface area contributed by atoms with Crippen molar-refractivity contribution in [1.82, 2.24) is 9.97 Å². The number of hydrogen-bond donors (Lipinski definition) is 1. The number of anilines is 1. The monoisotopic (exact) mass is 238 g/mol. The molecule has 0 saturated heterocycles. The van der Waals surface area contributed by atoms with E-state index in [0.717, 1.165) is 0 Å². The van der Waals surface area contributed by atoms with Crippen LogP contribution in [0.3, 0.4) is 0 Å². The highest BCUT2D eigenvalue weighted by atomic mass is 16.6. The number of aromatic nitrogens is 2. The number of allylic oxidation sites excluding steroid dienone is 1. The molecule has 0 aliphatic heterocycles. The van der Waals surface area contributed by atoms with Crippen LogP contribution in [-0.4, -0.2) is 28.0 Å². The van der Waals surface area contributed by atoms with Gasteiger partial charge in [-0.3, -0.25) is 10.1 Å². The lowest BCUT2D eigenvalue weighted by atomic mass is 10.4. The van der Waals surface area contributed by atoms with Crippen LogP contribution in [-0.2, 0) is 0 Å². The molecule has 7 heteroatoms. The smallest absolute Gasteiger partial charge is 0.372 e. The first kappa shape index (κ1) is 12.9. The van der Waals surface area contributed by atoms with E-state index in [1.54, 1.807) is 12.2 Å². The molecule has 1 aromatic heterocycles. The fourth-order valence-corrected chi connectivity index (χ4v) is 1.15. The van der Waals surface area contributed by atoms with Crippen LogP contribution in [0.2, 0.25) is 0 Å². The number of nitro groups is 1. The first-order valence-corrected chi connectivity index (χ1v) is 5.17. The second-order valence-corrected chi connectivity index (χ2v) is 3.04. The van der Waals surface area contributed by atoms with Crippen molar-refractivity contribution in [2.24, 2.45) is 0 Å². The maximum Gasteiger partial charge on any atom is 0.372 e. The van der Waals surface area contributed by atoms with Gasteiger partial charge in [0.25, 0.3) is 5.88 Å². The van der Waals surface area contributed by atoms with Gasteiger partial charge in [-0.1, -0.05) is 12.2 Å². The van der Waals surface area contributed by atoms with Crippen molar-refractivity contribution in [3.63, 3.8) is 0 Å². The van der Waals surface area contributed by atoms with E-state index in [2.05, 4.69) is 15.3 Å². The minimum atomic E-state index is -0.553. The van der Waals surface area contributed by atoms with E-state index in [1.807, 2.05) is 13.8 Å². The van der Waals surface area contributed by atoms with E-state index in [-0.39, 0.29) is 24.0 Å². The zero-order chi connectivity index (χ0) is 12.7. The second kappa shape index (κ2) is 6.41. The third-order valence-corrected chi connectivity index (χ3v) is 1.87. The third-order valence-electron chi connectivity index (χ3n) is 1.87. The molecule has 92 valence electrons. The summed E-state index contributed by atoms with van der Waals surface area (Å²) < 4.78 is 5.21. The average Bonchev–Trinajstić information content (AvgIpc) is 2.29. The lowest BCUT2D eigenvalue weighted by molar-refractivity contribution is -0.385. The number of ether oxygens (including phenoxy) is 1. The minimum absolute atomic E-state index is 0.0287. The van der Waals surface area contributed by atoms with Crippen molar-refractivity contribution in [3.05, 3.63) is 28.6 Å². The summed E-state index contributed by atoms with van der Waals surface area (Å²) in [5.41, 5.74) is -0.237. The Morgan fingerprint density at radius 2 is 2.35 bits per heavy atom. The van der Waals surface area contributed by atoms with Gasteiger partial charge in [-0.2, -0.15) is 4.98 Å². The molecule has 0 radical (unpaired) electrons. The van der Waals surface area contributed by atoms with Crippen LogP contribution in [0, 0.1) is 10.1 Å². The van der Waals surface area contributed by atoms with E-state index < -0.39 is 4.92 Å². The molecule has 0 aliphatic rings. The maximum absolute atomic E-state index is 10.9. The lowest BCUT2D eigenvalue weighted by Gasteiger charge is -2.06. The number of nitrogens with one attached hydrogen (secondary N) is 1. The van der Waals surface area contributed by atoms with Crippen molar-refractivity contribution >= 4 is 11.5 Å². The number of nitrogens with zero attached hydrogens (tertiary/aromatic N) is 3. The van der Waals surface area contributed by atoms with Gasteiger partial charge in [0.15, 0.2) is 0 Å². The molecule has 1 N–H and O–H groups in total. The Morgan fingerprint density at radius 1 is 1.59 bits per heavy atom. The second-order valence-electron chi connectivity index (χ2n) is 3.04. The summed E-state index contributed by atoms with van der Waals surface area (Å²) in [4.78, 5) is 18.0. The predicted molar refractivity (Wildman–Crippen MR) is 63.2 cm³/mol. The van der Waals surface area contributed by atoms with Crippen LogP contribution in [0.15, 0.2) is 18.5 Å². The number of rotatable bonds is 6.